The van der Waals surface area contributed by atoms with Gasteiger partial charge in [-0.25, -0.2) is 9.48 Å². The molecule has 1 atom stereocenters. The van der Waals surface area contributed by atoms with Crippen LogP contribution in [0.2, 0.25) is 0 Å². The van der Waals surface area contributed by atoms with Crippen LogP contribution in [-0.2, 0) is 6.54 Å². The molecule has 7 heteroatoms. The number of benzene rings is 3. The van der Waals surface area contributed by atoms with Crippen molar-refractivity contribution in [1.82, 2.24) is 19.2 Å². The Morgan fingerprint density at radius 3 is 2.54 bits per heavy atom. The number of fused-ring (bicyclic) bond motifs is 3. The highest BCUT2D eigenvalue weighted by atomic mass is 16.5. The Hall–Kier alpha value is -4.78. The van der Waals surface area contributed by atoms with Crippen LogP contribution in [0.1, 0.15) is 41.0 Å². The molecule has 5 aromatic rings. The number of para-hydroxylation sites is 1. The molecule has 2 amide bonds. The summed E-state index contributed by atoms with van der Waals surface area (Å²) in [4.78, 5) is 16.0. The van der Waals surface area contributed by atoms with Crippen LogP contribution in [0, 0.1) is 13.8 Å². The smallest absolute Gasteiger partial charge is 0.322 e. The second-order valence-corrected chi connectivity index (χ2v) is 9.77. The molecule has 6 rings (SSSR count). The number of nitrogens with zero attached hydrogens (tertiary/aromatic N) is 4. The van der Waals surface area contributed by atoms with Crippen LogP contribution in [0.25, 0.3) is 11.5 Å². The highest BCUT2D eigenvalue weighted by molar-refractivity contribution is 5.90. The Morgan fingerprint density at radius 2 is 1.77 bits per heavy atom. The van der Waals surface area contributed by atoms with Crippen molar-refractivity contribution in [3.05, 3.63) is 125 Å². The maximum atomic E-state index is 14.1. The molecule has 7 nitrogen and oxygen atoms in total. The van der Waals surface area contributed by atoms with Crippen molar-refractivity contribution in [2.24, 2.45) is 0 Å². The Balaban J connectivity index is 1.53. The number of hydrogen-bond acceptors (Lipinski definition) is 3. The first kappa shape index (κ1) is 24.6. The maximum Gasteiger partial charge on any atom is 0.322 e. The standard InChI is InChI=1S/C32H31N5O2/c1-4-39-27-13-8-10-24(20-27)30-29-14-9-19-35(29)31-28(23(3)34-37(31)26-11-6-5-7-12-26)21-36(30)32(38)33-25-17-15-22(2)16-18-25/h5-20,30H,4,21H2,1-3H3,(H,33,38). The molecule has 196 valence electrons. The number of urea groups is 1. The summed E-state index contributed by atoms with van der Waals surface area (Å²) in [5, 5.41) is 8.06. The highest BCUT2D eigenvalue weighted by Gasteiger charge is 2.36. The molecular formula is C32H31N5O2. The van der Waals surface area contributed by atoms with E-state index in [9.17, 15) is 4.79 Å². The fourth-order valence-electron chi connectivity index (χ4n) is 5.27. The number of carbonyl (C=O) groups excluding carboxylic acids is 1. The summed E-state index contributed by atoms with van der Waals surface area (Å²) in [6.07, 6.45) is 2.05. The SMILES string of the molecule is CCOc1cccc(C2c3cccn3-c3c(c(C)nn3-c3ccccc3)CN2C(=O)Nc2ccc(C)cc2)c1. The van der Waals surface area contributed by atoms with Crippen molar-refractivity contribution in [1.29, 1.82) is 0 Å². The van der Waals surface area contributed by atoms with Gasteiger partial charge in [0.25, 0.3) is 0 Å². The van der Waals surface area contributed by atoms with Crippen LogP contribution in [0.4, 0.5) is 10.5 Å². The molecule has 2 aromatic heterocycles. The van der Waals surface area contributed by atoms with E-state index in [2.05, 4.69) is 28.2 Å². The number of anilines is 1. The topological polar surface area (TPSA) is 64.3 Å². The van der Waals surface area contributed by atoms with Gasteiger partial charge in [0.05, 0.1) is 36.3 Å². The number of rotatable bonds is 5. The maximum absolute atomic E-state index is 14.1. The summed E-state index contributed by atoms with van der Waals surface area (Å²) < 4.78 is 9.99. The van der Waals surface area contributed by atoms with E-state index in [1.165, 1.54) is 0 Å². The fraction of sp³-hybridized carbons (Fsp3) is 0.188. The number of hydrogen-bond donors (Lipinski definition) is 1. The largest absolute Gasteiger partial charge is 0.494 e. The Labute approximate surface area is 228 Å². The zero-order valence-electron chi connectivity index (χ0n) is 22.3. The summed E-state index contributed by atoms with van der Waals surface area (Å²) >= 11 is 0. The number of carbonyl (C=O) groups is 1. The molecule has 0 spiro atoms. The summed E-state index contributed by atoms with van der Waals surface area (Å²) in [5.41, 5.74) is 6.68. The zero-order valence-corrected chi connectivity index (χ0v) is 22.3. The lowest BCUT2D eigenvalue weighted by molar-refractivity contribution is 0.194. The quantitative estimate of drug-likeness (QED) is 0.278. The van der Waals surface area contributed by atoms with Crippen LogP contribution < -0.4 is 10.1 Å². The fourth-order valence-corrected chi connectivity index (χ4v) is 5.27. The van der Waals surface area contributed by atoms with Gasteiger partial charge in [-0.15, -0.1) is 0 Å². The van der Waals surface area contributed by atoms with Crippen molar-refractivity contribution in [2.45, 2.75) is 33.4 Å². The molecule has 0 aliphatic carbocycles. The molecule has 3 heterocycles. The molecule has 1 unspecified atom stereocenters. The van der Waals surface area contributed by atoms with Gasteiger partial charge in [-0.1, -0.05) is 48.0 Å². The first-order chi connectivity index (χ1) is 19.0. The molecule has 0 saturated carbocycles. The first-order valence-corrected chi connectivity index (χ1v) is 13.2. The van der Waals surface area contributed by atoms with Gasteiger partial charge < -0.3 is 19.5 Å². The molecule has 0 radical (unpaired) electrons. The van der Waals surface area contributed by atoms with Gasteiger partial charge in [-0.05, 0) is 74.9 Å². The highest BCUT2D eigenvalue weighted by Crippen LogP contribution is 2.39. The van der Waals surface area contributed by atoms with E-state index in [1.807, 2.05) is 109 Å². The summed E-state index contributed by atoms with van der Waals surface area (Å²) in [5.74, 6) is 1.72. The second-order valence-electron chi connectivity index (χ2n) is 9.77. The van der Waals surface area contributed by atoms with Gasteiger partial charge in [0, 0.05) is 17.4 Å². The van der Waals surface area contributed by atoms with Crippen molar-refractivity contribution in [3.8, 4) is 17.3 Å². The summed E-state index contributed by atoms with van der Waals surface area (Å²) in [6.45, 7) is 6.97. The van der Waals surface area contributed by atoms with Gasteiger partial charge >= 0.3 is 6.03 Å². The molecule has 1 aliphatic heterocycles. The van der Waals surface area contributed by atoms with E-state index in [0.29, 0.717) is 13.2 Å². The normalized spacial score (nSPS) is 14.3. The summed E-state index contributed by atoms with van der Waals surface area (Å²) in [7, 11) is 0. The molecule has 3 aromatic carbocycles. The van der Waals surface area contributed by atoms with E-state index in [0.717, 1.165) is 51.0 Å². The summed E-state index contributed by atoms with van der Waals surface area (Å²) in [6, 6.07) is 29.6. The van der Waals surface area contributed by atoms with Gasteiger partial charge in [0.2, 0.25) is 0 Å². The predicted octanol–water partition coefficient (Wildman–Crippen LogP) is 6.82. The molecular weight excluding hydrogens is 486 g/mol. The minimum absolute atomic E-state index is 0.182. The third-order valence-corrected chi connectivity index (χ3v) is 7.14. The average Bonchev–Trinajstić information content (AvgIpc) is 3.51. The van der Waals surface area contributed by atoms with Crippen molar-refractivity contribution in [2.75, 3.05) is 11.9 Å². The first-order valence-electron chi connectivity index (χ1n) is 13.2. The average molecular weight is 518 g/mol. The van der Waals surface area contributed by atoms with E-state index >= 15 is 0 Å². The number of aryl methyl sites for hydroxylation is 2. The number of nitrogens with one attached hydrogen (secondary N) is 1. The monoisotopic (exact) mass is 517 g/mol. The van der Waals surface area contributed by atoms with E-state index in [-0.39, 0.29) is 12.1 Å². The predicted molar refractivity (Wildman–Crippen MR) is 153 cm³/mol. The van der Waals surface area contributed by atoms with Gasteiger partial charge in [0.15, 0.2) is 0 Å². The lowest BCUT2D eigenvalue weighted by Gasteiger charge is -2.31. The molecule has 1 aliphatic rings. The third kappa shape index (κ3) is 4.56. The van der Waals surface area contributed by atoms with Crippen LogP contribution in [0.3, 0.4) is 0 Å². The van der Waals surface area contributed by atoms with Crippen LogP contribution in [0.15, 0.2) is 97.2 Å². The minimum Gasteiger partial charge on any atom is -0.494 e. The van der Waals surface area contributed by atoms with Gasteiger partial charge in [-0.2, -0.15) is 5.10 Å². The molecule has 0 saturated heterocycles. The Kier molecular flexibility index (Phi) is 6.40. The molecule has 1 N–H and O–H groups in total. The van der Waals surface area contributed by atoms with Crippen LogP contribution in [-0.4, -0.2) is 31.9 Å². The molecule has 0 fully saturated rings. The van der Waals surface area contributed by atoms with Crippen molar-refractivity contribution < 1.29 is 9.53 Å². The Morgan fingerprint density at radius 1 is 0.974 bits per heavy atom. The minimum atomic E-state index is -0.359. The second kappa shape index (κ2) is 10.2. The van der Waals surface area contributed by atoms with Crippen molar-refractivity contribution >= 4 is 11.7 Å². The van der Waals surface area contributed by atoms with E-state index in [4.69, 9.17) is 9.84 Å². The third-order valence-electron chi connectivity index (χ3n) is 7.14. The number of aromatic nitrogens is 3. The Bertz CT molecular complexity index is 1620. The lowest BCUT2D eigenvalue weighted by atomic mass is 10.0. The van der Waals surface area contributed by atoms with Crippen molar-refractivity contribution in [3.63, 3.8) is 0 Å². The number of ether oxygens (including phenoxy) is 1. The molecule has 39 heavy (non-hydrogen) atoms. The lowest BCUT2D eigenvalue weighted by Crippen LogP contribution is -2.38. The van der Waals surface area contributed by atoms with Crippen LogP contribution >= 0.6 is 0 Å². The van der Waals surface area contributed by atoms with Crippen LogP contribution in [0.5, 0.6) is 5.75 Å². The molecule has 0 bridgehead atoms. The van der Waals surface area contributed by atoms with E-state index in [1.54, 1.807) is 0 Å². The van der Waals surface area contributed by atoms with E-state index < -0.39 is 0 Å². The van der Waals surface area contributed by atoms with Gasteiger partial charge in [0.1, 0.15) is 11.6 Å². The zero-order chi connectivity index (χ0) is 26.9. The number of amides is 2. The van der Waals surface area contributed by atoms with Gasteiger partial charge in [-0.3, -0.25) is 0 Å².